The van der Waals surface area contributed by atoms with Crippen molar-refractivity contribution in [1.82, 2.24) is 9.88 Å². The summed E-state index contributed by atoms with van der Waals surface area (Å²) in [5.74, 6) is -0.628. The lowest BCUT2D eigenvalue weighted by Crippen LogP contribution is -2.38. The Bertz CT molecular complexity index is 1350. The Balaban J connectivity index is 1.32. The minimum atomic E-state index is -4.53. The van der Waals surface area contributed by atoms with Crippen LogP contribution in [0.3, 0.4) is 0 Å². The number of halogens is 3. The molecule has 2 amide bonds. The Labute approximate surface area is 216 Å². The fourth-order valence-electron chi connectivity index (χ4n) is 4.60. The van der Waals surface area contributed by atoms with Crippen LogP contribution in [0.2, 0.25) is 0 Å². The van der Waals surface area contributed by atoms with Crippen LogP contribution in [0.1, 0.15) is 51.5 Å². The van der Waals surface area contributed by atoms with Crippen molar-refractivity contribution < 1.29 is 27.7 Å². The summed E-state index contributed by atoms with van der Waals surface area (Å²) in [6.45, 7) is 2.56. The van der Waals surface area contributed by atoms with Crippen molar-refractivity contribution in [2.45, 2.75) is 38.3 Å². The number of aromatic nitrogens is 1. The third kappa shape index (κ3) is 6.16. The summed E-state index contributed by atoms with van der Waals surface area (Å²) in [4.78, 5) is 41.3. The molecule has 0 spiro atoms. The maximum Gasteiger partial charge on any atom is 0.416 e. The molecule has 2 heterocycles. The number of piperidine rings is 1. The van der Waals surface area contributed by atoms with Gasteiger partial charge in [-0.2, -0.15) is 13.2 Å². The maximum absolute atomic E-state index is 13.2. The zero-order valence-corrected chi connectivity index (χ0v) is 20.5. The van der Waals surface area contributed by atoms with Crippen molar-refractivity contribution in [3.05, 3.63) is 98.9 Å². The van der Waals surface area contributed by atoms with Gasteiger partial charge in [0.05, 0.1) is 16.9 Å². The van der Waals surface area contributed by atoms with Crippen LogP contribution >= 0.6 is 0 Å². The van der Waals surface area contributed by atoms with E-state index in [0.29, 0.717) is 37.2 Å². The minimum Gasteiger partial charge on any atom is -0.337 e. The molecule has 3 aromatic rings. The Morgan fingerprint density at radius 2 is 1.76 bits per heavy atom. The van der Waals surface area contributed by atoms with Crippen molar-refractivity contribution in [2.75, 3.05) is 18.4 Å². The van der Waals surface area contributed by atoms with E-state index in [1.165, 1.54) is 24.3 Å². The second-order valence-electron chi connectivity index (χ2n) is 9.18. The first-order valence-electron chi connectivity index (χ1n) is 12.0. The van der Waals surface area contributed by atoms with Crippen LogP contribution in [0.15, 0.2) is 60.8 Å². The molecule has 1 aromatic heterocycles. The summed E-state index contributed by atoms with van der Waals surface area (Å²) in [6.07, 6.45) is -2.41. The third-order valence-corrected chi connectivity index (χ3v) is 6.62. The molecule has 1 aliphatic heterocycles. The maximum atomic E-state index is 13.2. The van der Waals surface area contributed by atoms with Gasteiger partial charge in [0.25, 0.3) is 11.6 Å². The van der Waals surface area contributed by atoms with Gasteiger partial charge in [-0.15, -0.1) is 0 Å². The number of rotatable bonds is 6. The number of amides is 2. The molecule has 38 heavy (non-hydrogen) atoms. The smallest absolute Gasteiger partial charge is 0.337 e. The predicted molar refractivity (Wildman–Crippen MR) is 134 cm³/mol. The molecule has 0 saturated carbocycles. The van der Waals surface area contributed by atoms with Crippen LogP contribution in [0.25, 0.3) is 0 Å². The molecule has 0 atom stereocenters. The summed E-state index contributed by atoms with van der Waals surface area (Å²) in [5.41, 5.74) is 1.01. The van der Waals surface area contributed by atoms with Gasteiger partial charge in [-0.05, 0) is 61.1 Å². The molecule has 0 aliphatic carbocycles. The zero-order valence-electron chi connectivity index (χ0n) is 20.5. The summed E-state index contributed by atoms with van der Waals surface area (Å²) < 4.78 is 39.5. The van der Waals surface area contributed by atoms with Crippen molar-refractivity contribution in [1.29, 1.82) is 0 Å². The SMILES string of the molecule is Cc1cc(C(=O)N2CCC(c3ccc(NC(=O)Cc4ccccc4C(F)(F)F)cc3)CC2)ncc1[N+](=O)[O-]. The number of pyridine rings is 1. The molecule has 11 heteroatoms. The highest BCUT2D eigenvalue weighted by Gasteiger charge is 2.33. The largest absolute Gasteiger partial charge is 0.416 e. The fraction of sp³-hybridized carbons (Fsp3) is 0.296. The van der Waals surface area contributed by atoms with Crippen molar-refractivity contribution in [3.8, 4) is 0 Å². The van der Waals surface area contributed by atoms with Crippen molar-refractivity contribution in [2.24, 2.45) is 0 Å². The van der Waals surface area contributed by atoms with E-state index in [0.717, 1.165) is 17.8 Å². The second kappa shape index (κ2) is 11.0. The number of carbonyl (C=O) groups is 2. The molecule has 0 unspecified atom stereocenters. The molecule has 1 aliphatic rings. The topological polar surface area (TPSA) is 105 Å². The molecule has 1 saturated heterocycles. The number of nitrogens with zero attached hydrogens (tertiary/aromatic N) is 3. The van der Waals surface area contributed by atoms with Crippen LogP contribution in [-0.2, 0) is 17.4 Å². The van der Waals surface area contributed by atoms with E-state index < -0.39 is 29.0 Å². The van der Waals surface area contributed by atoms with Crippen LogP contribution in [0.4, 0.5) is 24.5 Å². The van der Waals surface area contributed by atoms with Gasteiger partial charge in [-0.25, -0.2) is 4.98 Å². The third-order valence-electron chi connectivity index (χ3n) is 6.62. The van der Waals surface area contributed by atoms with E-state index in [1.54, 1.807) is 24.0 Å². The zero-order chi connectivity index (χ0) is 27.4. The van der Waals surface area contributed by atoms with E-state index in [-0.39, 0.29) is 28.8 Å². The molecular weight excluding hydrogens is 501 g/mol. The quantitative estimate of drug-likeness (QED) is 0.336. The number of benzene rings is 2. The molecule has 4 rings (SSSR count). The van der Waals surface area contributed by atoms with E-state index in [2.05, 4.69) is 10.3 Å². The number of hydrogen-bond acceptors (Lipinski definition) is 5. The average molecular weight is 527 g/mol. The molecule has 1 fully saturated rings. The van der Waals surface area contributed by atoms with Crippen LogP contribution in [0, 0.1) is 17.0 Å². The van der Waals surface area contributed by atoms with E-state index in [1.807, 2.05) is 12.1 Å². The summed E-state index contributed by atoms with van der Waals surface area (Å²) in [7, 11) is 0. The highest BCUT2D eigenvalue weighted by atomic mass is 19.4. The van der Waals surface area contributed by atoms with Gasteiger partial charge in [0.2, 0.25) is 5.91 Å². The lowest BCUT2D eigenvalue weighted by molar-refractivity contribution is -0.385. The number of hydrogen-bond donors (Lipinski definition) is 1. The number of alkyl halides is 3. The highest BCUT2D eigenvalue weighted by molar-refractivity contribution is 5.93. The first-order valence-corrected chi connectivity index (χ1v) is 12.0. The van der Waals surface area contributed by atoms with Crippen LogP contribution < -0.4 is 5.32 Å². The first-order chi connectivity index (χ1) is 18.0. The Morgan fingerprint density at radius 3 is 2.37 bits per heavy atom. The van der Waals surface area contributed by atoms with E-state index in [9.17, 15) is 32.9 Å². The number of nitro groups is 1. The molecule has 1 N–H and O–H groups in total. The Kier molecular flexibility index (Phi) is 7.75. The van der Waals surface area contributed by atoms with E-state index in [4.69, 9.17) is 0 Å². The number of anilines is 1. The fourth-order valence-corrected chi connectivity index (χ4v) is 4.60. The molecule has 0 radical (unpaired) electrons. The van der Waals surface area contributed by atoms with Gasteiger partial charge < -0.3 is 10.2 Å². The van der Waals surface area contributed by atoms with Gasteiger partial charge in [0.15, 0.2) is 0 Å². The van der Waals surface area contributed by atoms with E-state index >= 15 is 0 Å². The predicted octanol–water partition coefficient (Wildman–Crippen LogP) is 5.52. The number of carbonyl (C=O) groups excluding carboxylic acids is 2. The molecule has 198 valence electrons. The minimum absolute atomic E-state index is 0.0884. The lowest BCUT2D eigenvalue weighted by atomic mass is 9.89. The normalized spacial score (nSPS) is 14.3. The summed E-state index contributed by atoms with van der Waals surface area (Å²) in [5, 5.41) is 13.6. The van der Waals surface area contributed by atoms with Gasteiger partial charge >= 0.3 is 6.18 Å². The molecule has 8 nitrogen and oxygen atoms in total. The number of likely N-dealkylation sites (tertiary alicyclic amines) is 1. The number of aryl methyl sites for hydroxylation is 1. The Hall–Kier alpha value is -4.28. The van der Waals surface area contributed by atoms with Gasteiger partial charge in [0, 0.05) is 24.3 Å². The molecule has 2 aromatic carbocycles. The standard InChI is InChI=1S/C27H25F3N4O4/c1-17-14-23(31-16-24(17)34(37)38)26(36)33-12-10-19(11-13-33)18-6-8-21(9-7-18)32-25(35)15-20-4-2-3-5-22(20)27(28,29)30/h2-9,14,16,19H,10-13,15H2,1H3,(H,32,35). The summed E-state index contributed by atoms with van der Waals surface area (Å²) in [6, 6.07) is 13.6. The van der Waals surface area contributed by atoms with Crippen molar-refractivity contribution >= 4 is 23.2 Å². The summed E-state index contributed by atoms with van der Waals surface area (Å²) >= 11 is 0. The first kappa shape index (κ1) is 26.8. The highest BCUT2D eigenvalue weighted by Crippen LogP contribution is 2.33. The van der Waals surface area contributed by atoms with Crippen LogP contribution in [-0.4, -0.2) is 39.7 Å². The van der Waals surface area contributed by atoms with Gasteiger partial charge in [0.1, 0.15) is 11.9 Å². The molecular formula is C27H25F3N4O4. The van der Waals surface area contributed by atoms with Gasteiger partial charge in [-0.3, -0.25) is 19.7 Å². The monoisotopic (exact) mass is 526 g/mol. The van der Waals surface area contributed by atoms with Gasteiger partial charge in [-0.1, -0.05) is 30.3 Å². The Morgan fingerprint density at radius 1 is 1.11 bits per heavy atom. The lowest BCUT2D eigenvalue weighted by Gasteiger charge is -2.32. The average Bonchev–Trinajstić information content (AvgIpc) is 2.88. The second-order valence-corrected chi connectivity index (χ2v) is 9.18. The van der Waals surface area contributed by atoms with Crippen LogP contribution in [0.5, 0.6) is 0 Å². The molecule has 0 bridgehead atoms. The van der Waals surface area contributed by atoms with Crippen molar-refractivity contribution in [3.63, 3.8) is 0 Å². The number of nitrogens with one attached hydrogen (secondary N) is 1.